The monoisotopic (exact) mass is 152 g/mol. The van der Waals surface area contributed by atoms with Gasteiger partial charge < -0.3 is 0 Å². The van der Waals surface area contributed by atoms with Crippen LogP contribution in [0.25, 0.3) is 0 Å². The van der Waals surface area contributed by atoms with E-state index in [2.05, 4.69) is 5.10 Å². The molecule has 0 spiro atoms. The molecule has 1 aromatic rings. The molecule has 0 radical (unpaired) electrons. The molecular weight excluding hydrogens is 140 g/mol. The van der Waals surface area contributed by atoms with Crippen LogP contribution >= 0.6 is 0 Å². The van der Waals surface area contributed by atoms with Crippen LogP contribution in [-0.4, -0.2) is 15.6 Å². The van der Waals surface area contributed by atoms with E-state index in [0.29, 0.717) is 5.69 Å². The van der Waals surface area contributed by atoms with Crippen molar-refractivity contribution in [3.63, 3.8) is 0 Å². The van der Waals surface area contributed by atoms with Crippen LogP contribution in [0.15, 0.2) is 6.20 Å². The van der Waals surface area contributed by atoms with Crippen molar-refractivity contribution in [3.05, 3.63) is 17.5 Å². The summed E-state index contributed by atoms with van der Waals surface area (Å²) in [5, 5.41) is 4.09. The Kier molecular flexibility index (Phi) is 2.08. The number of Topliss-reactive ketones (excluding diaryl/α,β-unsaturated/α-hetero) is 1. The lowest BCUT2D eigenvalue weighted by Crippen LogP contribution is -1.99. The lowest BCUT2D eigenvalue weighted by Gasteiger charge is -1.90. The molecule has 3 heteroatoms. The van der Waals surface area contributed by atoms with E-state index in [1.165, 1.54) is 6.92 Å². The van der Waals surface area contributed by atoms with E-state index in [0.717, 1.165) is 12.1 Å². The van der Waals surface area contributed by atoms with Crippen LogP contribution in [0.2, 0.25) is 0 Å². The van der Waals surface area contributed by atoms with Crippen molar-refractivity contribution in [1.82, 2.24) is 9.78 Å². The van der Waals surface area contributed by atoms with Gasteiger partial charge in [0.25, 0.3) is 0 Å². The van der Waals surface area contributed by atoms with Crippen molar-refractivity contribution >= 4 is 5.78 Å². The normalized spacial score (nSPS) is 10.1. The summed E-state index contributed by atoms with van der Waals surface area (Å²) in [5.41, 5.74) is 1.55. The quantitative estimate of drug-likeness (QED) is 0.600. The smallest absolute Gasteiger partial charge is 0.180 e. The minimum Gasteiger partial charge on any atom is -0.293 e. The molecule has 0 amide bonds. The standard InChI is InChI=1S/C8H12N2O/c1-4-10-5-6(2)8(9-10)7(3)11/h5H,4H2,1-3H3. The van der Waals surface area contributed by atoms with Gasteiger partial charge in [0.2, 0.25) is 0 Å². The summed E-state index contributed by atoms with van der Waals surface area (Å²) in [6.45, 7) is 6.25. The van der Waals surface area contributed by atoms with Crippen molar-refractivity contribution in [3.8, 4) is 0 Å². The second-order valence-electron chi connectivity index (χ2n) is 2.57. The molecular formula is C8H12N2O. The van der Waals surface area contributed by atoms with Gasteiger partial charge in [0.1, 0.15) is 5.69 Å². The van der Waals surface area contributed by atoms with Crippen molar-refractivity contribution in [2.75, 3.05) is 0 Å². The van der Waals surface area contributed by atoms with Crippen LogP contribution in [0.5, 0.6) is 0 Å². The van der Waals surface area contributed by atoms with Gasteiger partial charge in [-0.25, -0.2) is 0 Å². The fourth-order valence-electron chi connectivity index (χ4n) is 1.03. The fraction of sp³-hybridized carbons (Fsp3) is 0.500. The van der Waals surface area contributed by atoms with E-state index in [4.69, 9.17) is 0 Å². The van der Waals surface area contributed by atoms with Crippen molar-refractivity contribution in [2.45, 2.75) is 27.3 Å². The maximum atomic E-state index is 10.9. The van der Waals surface area contributed by atoms with E-state index in [-0.39, 0.29) is 5.78 Å². The maximum Gasteiger partial charge on any atom is 0.180 e. The van der Waals surface area contributed by atoms with Gasteiger partial charge in [-0.1, -0.05) is 0 Å². The number of hydrogen-bond acceptors (Lipinski definition) is 2. The largest absolute Gasteiger partial charge is 0.293 e. The maximum absolute atomic E-state index is 10.9. The molecule has 0 aliphatic rings. The number of ketones is 1. The predicted octanol–water partition coefficient (Wildman–Crippen LogP) is 1.41. The van der Waals surface area contributed by atoms with Crippen LogP contribution in [0.4, 0.5) is 0 Å². The van der Waals surface area contributed by atoms with Gasteiger partial charge in [-0.05, 0) is 19.4 Å². The minimum absolute atomic E-state index is 0.0368. The third-order valence-electron chi connectivity index (χ3n) is 1.60. The van der Waals surface area contributed by atoms with Crippen LogP contribution in [-0.2, 0) is 6.54 Å². The topological polar surface area (TPSA) is 34.9 Å². The minimum atomic E-state index is 0.0368. The molecule has 3 nitrogen and oxygen atoms in total. The number of nitrogens with zero attached hydrogens (tertiary/aromatic N) is 2. The third-order valence-corrected chi connectivity index (χ3v) is 1.60. The average Bonchev–Trinajstić information content (AvgIpc) is 2.30. The van der Waals surface area contributed by atoms with Crippen molar-refractivity contribution in [1.29, 1.82) is 0 Å². The van der Waals surface area contributed by atoms with Gasteiger partial charge in [0, 0.05) is 19.7 Å². The van der Waals surface area contributed by atoms with E-state index in [9.17, 15) is 4.79 Å². The first-order valence-electron chi connectivity index (χ1n) is 3.70. The van der Waals surface area contributed by atoms with Gasteiger partial charge >= 0.3 is 0 Å². The molecule has 0 saturated heterocycles. The van der Waals surface area contributed by atoms with Crippen LogP contribution in [0, 0.1) is 6.92 Å². The second-order valence-corrected chi connectivity index (χ2v) is 2.57. The zero-order valence-corrected chi connectivity index (χ0v) is 7.09. The summed E-state index contributed by atoms with van der Waals surface area (Å²) >= 11 is 0. The molecule has 0 unspecified atom stereocenters. The van der Waals surface area contributed by atoms with E-state index in [1.54, 1.807) is 4.68 Å². The van der Waals surface area contributed by atoms with Crippen LogP contribution in [0.3, 0.4) is 0 Å². The van der Waals surface area contributed by atoms with Gasteiger partial charge in [-0.2, -0.15) is 5.10 Å². The highest BCUT2D eigenvalue weighted by Crippen LogP contribution is 2.05. The Morgan fingerprint density at radius 2 is 2.36 bits per heavy atom. The molecule has 1 rings (SSSR count). The molecule has 0 atom stereocenters. The fourth-order valence-corrected chi connectivity index (χ4v) is 1.03. The Balaban J connectivity index is 3.07. The van der Waals surface area contributed by atoms with Crippen molar-refractivity contribution in [2.24, 2.45) is 0 Å². The van der Waals surface area contributed by atoms with E-state index >= 15 is 0 Å². The molecule has 11 heavy (non-hydrogen) atoms. The third kappa shape index (κ3) is 1.48. The number of aromatic nitrogens is 2. The number of hydrogen-bond donors (Lipinski definition) is 0. The molecule has 60 valence electrons. The first-order chi connectivity index (χ1) is 5.15. The predicted molar refractivity (Wildman–Crippen MR) is 42.6 cm³/mol. The first-order valence-corrected chi connectivity index (χ1v) is 3.70. The number of carbonyl (C=O) groups is 1. The van der Waals surface area contributed by atoms with E-state index < -0.39 is 0 Å². The summed E-state index contributed by atoms with van der Waals surface area (Å²) < 4.78 is 1.77. The van der Waals surface area contributed by atoms with Crippen LogP contribution in [0.1, 0.15) is 29.9 Å². The molecule has 1 aromatic heterocycles. The van der Waals surface area contributed by atoms with Gasteiger partial charge in [-0.3, -0.25) is 9.48 Å². The number of aryl methyl sites for hydroxylation is 2. The highest BCUT2D eigenvalue weighted by atomic mass is 16.1. The Morgan fingerprint density at radius 1 is 1.73 bits per heavy atom. The van der Waals surface area contributed by atoms with Crippen molar-refractivity contribution < 1.29 is 4.79 Å². The molecule has 0 fully saturated rings. The summed E-state index contributed by atoms with van der Waals surface area (Å²) in [6.07, 6.45) is 1.89. The van der Waals surface area contributed by atoms with Crippen LogP contribution < -0.4 is 0 Å². The summed E-state index contributed by atoms with van der Waals surface area (Å²) in [5.74, 6) is 0.0368. The lowest BCUT2D eigenvalue weighted by molar-refractivity contribution is 0.101. The Hall–Kier alpha value is -1.12. The van der Waals surface area contributed by atoms with Gasteiger partial charge in [-0.15, -0.1) is 0 Å². The highest BCUT2D eigenvalue weighted by Gasteiger charge is 2.07. The molecule has 0 bridgehead atoms. The zero-order valence-electron chi connectivity index (χ0n) is 7.09. The zero-order chi connectivity index (χ0) is 8.43. The molecule has 0 aromatic carbocycles. The van der Waals surface area contributed by atoms with E-state index in [1.807, 2.05) is 20.0 Å². The van der Waals surface area contributed by atoms with Gasteiger partial charge in [0.15, 0.2) is 5.78 Å². The highest BCUT2D eigenvalue weighted by molar-refractivity contribution is 5.93. The molecule has 0 aliphatic carbocycles. The SMILES string of the molecule is CCn1cc(C)c(C(C)=O)n1. The lowest BCUT2D eigenvalue weighted by atomic mass is 10.2. The Morgan fingerprint density at radius 3 is 2.64 bits per heavy atom. The summed E-state index contributed by atoms with van der Waals surface area (Å²) in [4.78, 5) is 10.9. The first kappa shape index (κ1) is 7.98. The molecule has 1 heterocycles. The second kappa shape index (κ2) is 2.86. The molecule has 0 N–H and O–H groups in total. The summed E-state index contributed by atoms with van der Waals surface area (Å²) in [6, 6.07) is 0. The number of rotatable bonds is 2. The Bertz CT molecular complexity index is 276. The number of carbonyl (C=O) groups excluding carboxylic acids is 1. The average molecular weight is 152 g/mol. The molecule has 0 aliphatic heterocycles. The summed E-state index contributed by atoms with van der Waals surface area (Å²) in [7, 11) is 0. The van der Waals surface area contributed by atoms with Gasteiger partial charge in [0.05, 0.1) is 0 Å². The Labute approximate surface area is 66.0 Å². The molecule has 0 saturated carbocycles.